The van der Waals surface area contributed by atoms with Crippen molar-refractivity contribution in [1.82, 2.24) is 4.90 Å². The molecule has 0 spiro atoms. The summed E-state index contributed by atoms with van der Waals surface area (Å²) in [4.78, 5) is 26.2. The van der Waals surface area contributed by atoms with Crippen molar-refractivity contribution >= 4 is 62.2 Å². The van der Waals surface area contributed by atoms with Gasteiger partial charge < -0.3 is 4.74 Å². The molecule has 0 atom stereocenters. The van der Waals surface area contributed by atoms with E-state index in [2.05, 4.69) is 15.9 Å². The molecule has 3 rings (SSSR count). The molecule has 0 radical (unpaired) electrons. The highest BCUT2D eigenvalue weighted by Gasteiger charge is 2.28. The number of hydrogen-bond donors (Lipinski definition) is 0. The predicted octanol–water partition coefficient (Wildman–Crippen LogP) is 4.50. The number of carbonyl (C=O) groups is 2. The summed E-state index contributed by atoms with van der Waals surface area (Å²) in [5.74, 6) is -0.138. The maximum absolute atomic E-state index is 12.1. The van der Waals surface area contributed by atoms with E-state index in [0.717, 1.165) is 5.56 Å². The fourth-order valence-corrected chi connectivity index (χ4v) is 3.78. The first kappa shape index (κ1) is 17.8. The molecular weight excluding hydrogens is 422 g/mol. The third-order valence-electron chi connectivity index (χ3n) is 3.45. The lowest BCUT2D eigenvalue weighted by Crippen LogP contribution is -2.22. The fraction of sp³-hybridized carbons (Fsp3) is 0.0556. The van der Waals surface area contributed by atoms with Crippen LogP contribution in [0.15, 0.2) is 57.9 Å². The first-order valence-electron chi connectivity index (χ1n) is 7.24. The van der Waals surface area contributed by atoms with Gasteiger partial charge in [0.05, 0.1) is 14.9 Å². The number of esters is 1. The number of thiocarbonyl (C=S) groups is 1. The van der Waals surface area contributed by atoms with Crippen LogP contribution in [0.25, 0.3) is 6.08 Å². The number of amides is 1. The van der Waals surface area contributed by atoms with Gasteiger partial charge in [-0.15, -0.1) is 0 Å². The highest BCUT2D eigenvalue weighted by atomic mass is 79.9. The summed E-state index contributed by atoms with van der Waals surface area (Å²) in [6.07, 6.45) is 1.76. The molecular formula is C18H12BrNO3S2. The Bertz CT molecular complexity index is 896. The second kappa shape index (κ2) is 7.51. The summed E-state index contributed by atoms with van der Waals surface area (Å²) >= 11 is 9.78. The van der Waals surface area contributed by atoms with Crippen molar-refractivity contribution in [2.75, 3.05) is 7.05 Å². The number of carbonyl (C=O) groups excluding carboxylic acids is 2. The molecule has 126 valence electrons. The summed E-state index contributed by atoms with van der Waals surface area (Å²) in [5.41, 5.74) is 1.28. The lowest BCUT2D eigenvalue weighted by atomic mass is 10.2. The molecule has 1 aliphatic rings. The second-order valence-electron chi connectivity index (χ2n) is 5.19. The summed E-state index contributed by atoms with van der Waals surface area (Å²) < 4.78 is 6.56. The number of hydrogen-bond acceptors (Lipinski definition) is 5. The lowest BCUT2D eigenvalue weighted by molar-refractivity contribution is -0.121. The van der Waals surface area contributed by atoms with Crippen LogP contribution in [-0.2, 0) is 4.79 Å². The summed E-state index contributed by atoms with van der Waals surface area (Å²) in [7, 11) is 1.65. The van der Waals surface area contributed by atoms with Crippen LogP contribution in [0.1, 0.15) is 15.9 Å². The van der Waals surface area contributed by atoms with E-state index in [4.69, 9.17) is 17.0 Å². The van der Waals surface area contributed by atoms with E-state index in [9.17, 15) is 9.59 Å². The minimum absolute atomic E-state index is 0.120. The van der Waals surface area contributed by atoms with Crippen LogP contribution in [0.4, 0.5) is 0 Å². The van der Waals surface area contributed by atoms with Crippen LogP contribution in [0.2, 0.25) is 0 Å². The topological polar surface area (TPSA) is 46.6 Å². The standard InChI is InChI=1S/C18H12BrNO3S2/c1-20-16(21)15(25-18(20)24)10-11-7-8-14(13(19)9-11)23-17(22)12-5-3-2-4-6-12/h2-10H,1H3/b15-10-. The molecule has 2 aromatic carbocycles. The number of benzene rings is 2. The van der Waals surface area contributed by atoms with Crippen molar-refractivity contribution in [1.29, 1.82) is 0 Å². The molecule has 2 aromatic rings. The average Bonchev–Trinajstić information content (AvgIpc) is 2.85. The number of ether oxygens (including phenoxy) is 1. The van der Waals surface area contributed by atoms with Crippen molar-refractivity contribution in [3.63, 3.8) is 0 Å². The van der Waals surface area contributed by atoms with Crippen molar-refractivity contribution in [2.45, 2.75) is 0 Å². The van der Waals surface area contributed by atoms with E-state index in [0.29, 0.717) is 25.0 Å². The van der Waals surface area contributed by atoms with Gasteiger partial charge in [-0.05, 0) is 51.8 Å². The van der Waals surface area contributed by atoms with E-state index in [-0.39, 0.29) is 5.91 Å². The van der Waals surface area contributed by atoms with Gasteiger partial charge >= 0.3 is 5.97 Å². The molecule has 7 heteroatoms. The number of thioether (sulfide) groups is 1. The van der Waals surface area contributed by atoms with Gasteiger partial charge in [0.15, 0.2) is 0 Å². The fourth-order valence-electron chi connectivity index (χ4n) is 2.12. The molecule has 1 heterocycles. The van der Waals surface area contributed by atoms with Gasteiger partial charge in [0.1, 0.15) is 10.1 Å². The maximum Gasteiger partial charge on any atom is 0.343 e. The van der Waals surface area contributed by atoms with Gasteiger partial charge in [0.25, 0.3) is 5.91 Å². The highest BCUT2D eigenvalue weighted by molar-refractivity contribution is 9.10. The molecule has 0 bridgehead atoms. The van der Waals surface area contributed by atoms with Crippen LogP contribution < -0.4 is 4.74 Å². The van der Waals surface area contributed by atoms with Gasteiger partial charge in [0, 0.05) is 7.05 Å². The number of nitrogens with zero attached hydrogens (tertiary/aromatic N) is 1. The molecule has 0 aromatic heterocycles. The molecule has 0 unspecified atom stereocenters. The summed E-state index contributed by atoms with van der Waals surface area (Å²) in [5, 5.41) is 0. The first-order valence-corrected chi connectivity index (χ1v) is 9.26. The molecule has 0 saturated carbocycles. The number of halogens is 1. The minimum Gasteiger partial charge on any atom is -0.422 e. The summed E-state index contributed by atoms with van der Waals surface area (Å²) in [6, 6.07) is 14.0. The molecule has 1 amide bonds. The largest absolute Gasteiger partial charge is 0.422 e. The van der Waals surface area contributed by atoms with Gasteiger partial charge in [-0.1, -0.05) is 48.2 Å². The van der Waals surface area contributed by atoms with Gasteiger partial charge in [0.2, 0.25) is 0 Å². The zero-order chi connectivity index (χ0) is 18.0. The molecule has 25 heavy (non-hydrogen) atoms. The Labute approximate surface area is 163 Å². The van der Waals surface area contributed by atoms with Crippen LogP contribution in [0.3, 0.4) is 0 Å². The molecule has 1 fully saturated rings. The van der Waals surface area contributed by atoms with Crippen LogP contribution in [0.5, 0.6) is 5.75 Å². The molecule has 0 aliphatic carbocycles. The first-order chi connectivity index (χ1) is 12.0. The Balaban J connectivity index is 1.79. The Kier molecular flexibility index (Phi) is 5.36. The lowest BCUT2D eigenvalue weighted by Gasteiger charge is -2.07. The van der Waals surface area contributed by atoms with Crippen LogP contribution in [0, 0.1) is 0 Å². The zero-order valence-electron chi connectivity index (χ0n) is 13.1. The second-order valence-corrected chi connectivity index (χ2v) is 7.72. The predicted molar refractivity (Wildman–Crippen MR) is 106 cm³/mol. The summed E-state index contributed by atoms with van der Waals surface area (Å²) in [6.45, 7) is 0. The van der Waals surface area contributed by atoms with E-state index in [1.807, 2.05) is 6.07 Å². The van der Waals surface area contributed by atoms with E-state index < -0.39 is 5.97 Å². The highest BCUT2D eigenvalue weighted by Crippen LogP contribution is 2.33. The monoisotopic (exact) mass is 433 g/mol. The van der Waals surface area contributed by atoms with Gasteiger partial charge in [-0.3, -0.25) is 9.69 Å². The van der Waals surface area contributed by atoms with Crippen molar-refractivity contribution in [3.8, 4) is 5.75 Å². The Hall–Kier alpha value is -1.96. The third kappa shape index (κ3) is 4.00. The van der Waals surface area contributed by atoms with Gasteiger partial charge in [-0.25, -0.2) is 4.79 Å². The molecule has 1 aliphatic heterocycles. The average molecular weight is 434 g/mol. The van der Waals surface area contributed by atoms with Crippen molar-refractivity contribution in [3.05, 3.63) is 69.0 Å². The molecule has 4 nitrogen and oxygen atoms in total. The van der Waals surface area contributed by atoms with Gasteiger partial charge in [-0.2, -0.15) is 0 Å². The van der Waals surface area contributed by atoms with Crippen molar-refractivity contribution < 1.29 is 14.3 Å². The Morgan fingerprint density at radius 1 is 1.24 bits per heavy atom. The SMILES string of the molecule is CN1C(=O)/C(=C/c2ccc(OC(=O)c3ccccc3)c(Br)c2)SC1=S. The van der Waals surface area contributed by atoms with E-state index >= 15 is 0 Å². The van der Waals surface area contributed by atoms with Crippen molar-refractivity contribution in [2.24, 2.45) is 0 Å². The van der Waals surface area contributed by atoms with E-state index in [1.165, 1.54) is 16.7 Å². The quantitative estimate of drug-likeness (QED) is 0.308. The maximum atomic E-state index is 12.1. The van der Waals surface area contributed by atoms with Crippen LogP contribution >= 0.6 is 39.9 Å². The molecule has 1 saturated heterocycles. The Morgan fingerprint density at radius 2 is 1.96 bits per heavy atom. The van der Waals surface area contributed by atoms with Crippen LogP contribution in [-0.4, -0.2) is 28.1 Å². The normalized spacial score (nSPS) is 15.8. The Morgan fingerprint density at radius 3 is 2.56 bits per heavy atom. The number of rotatable bonds is 3. The molecule has 0 N–H and O–H groups in total. The minimum atomic E-state index is -0.430. The third-order valence-corrected chi connectivity index (χ3v) is 5.56. The van der Waals surface area contributed by atoms with E-state index in [1.54, 1.807) is 55.6 Å². The smallest absolute Gasteiger partial charge is 0.343 e. The number of likely N-dealkylation sites (N-methyl/N-ethyl adjacent to an activating group) is 1. The zero-order valence-corrected chi connectivity index (χ0v) is 16.3.